The molecular formula is C21H19N3O5S. The van der Waals surface area contributed by atoms with Crippen LogP contribution in [-0.4, -0.2) is 28.2 Å². The van der Waals surface area contributed by atoms with E-state index in [4.69, 9.17) is 14.0 Å². The summed E-state index contributed by atoms with van der Waals surface area (Å²) in [6.45, 7) is 0. The van der Waals surface area contributed by atoms with Gasteiger partial charge in [-0.25, -0.2) is 4.21 Å². The molecule has 0 spiro atoms. The van der Waals surface area contributed by atoms with E-state index in [2.05, 4.69) is 9.88 Å². The highest BCUT2D eigenvalue weighted by molar-refractivity contribution is 7.86. The lowest BCUT2D eigenvalue weighted by atomic mass is 10.1. The van der Waals surface area contributed by atoms with Crippen molar-refractivity contribution in [3.8, 4) is 22.8 Å². The minimum Gasteiger partial charge on any atom is -0.495 e. The van der Waals surface area contributed by atoms with E-state index in [1.807, 2.05) is 30.3 Å². The standard InChI is InChI=1S/C21H19N3O5S/c1-24-14(13-8-5-4-6-9-13)12-17-18(21(24)25)20(22-29-17)23-30(26)19-15(27-2)10-7-11-16(19)28-3/h4-12H,1-3H3,(H,22,23). The molecule has 0 bridgehead atoms. The molecule has 0 amide bonds. The van der Waals surface area contributed by atoms with E-state index in [0.717, 1.165) is 5.56 Å². The van der Waals surface area contributed by atoms with Gasteiger partial charge in [-0.15, -0.1) is 0 Å². The third kappa shape index (κ3) is 3.33. The Hall–Kier alpha value is -3.59. The number of hydrogen-bond donors (Lipinski definition) is 1. The summed E-state index contributed by atoms with van der Waals surface area (Å²) in [7, 11) is 2.80. The number of fused-ring (bicyclic) bond motifs is 1. The molecule has 1 N–H and O–H groups in total. The van der Waals surface area contributed by atoms with Crippen molar-refractivity contribution >= 4 is 27.8 Å². The van der Waals surface area contributed by atoms with Gasteiger partial charge < -0.3 is 18.6 Å². The van der Waals surface area contributed by atoms with E-state index in [-0.39, 0.29) is 16.8 Å². The minimum absolute atomic E-state index is 0.0801. The van der Waals surface area contributed by atoms with Crippen LogP contribution < -0.4 is 19.8 Å². The lowest BCUT2D eigenvalue weighted by molar-refractivity contribution is 0.375. The van der Waals surface area contributed by atoms with Crippen LogP contribution in [0.25, 0.3) is 22.2 Å². The molecule has 2 aromatic heterocycles. The van der Waals surface area contributed by atoms with E-state index in [9.17, 15) is 9.00 Å². The van der Waals surface area contributed by atoms with Gasteiger partial charge in [0.25, 0.3) is 5.56 Å². The molecule has 0 aliphatic rings. The summed E-state index contributed by atoms with van der Waals surface area (Å²) in [5.41, 5.74) is 1.53. The predicted molar refractivity (Wildman–Crippen MR) is 114 cm³/mol. The molecule has 4 rings (SSSR count). The molecule has 30 heavy (non-hydrogen) atoms. The number of hydrogen-bond acceptors (Lipinski definition) is 6. The largest absolute Gasteiger partial charge is 0.495 e. The maximum absolute atomic E-state index is 13.0. The smallest absolute Gasteiger partial charge is 0.265 e. The first-order chi connectivity index (χ1) is 14.5. The molecule has 0 saturated heterocycles. The Morgan fingerprint density at radius 2 is 1.70 bits per heavy atom. The first-order valence-electron chi connectivity index (χ1n) is 8.99. The Morgan fingerprint density at radius 1 is 1.03 bits per heavy atom. The normalized spacial score (nSPS) is 12.0. The van der Waals surface area contributed by atoms with Crippen LogP contribution in [0, 0.1) is 0 Å². The maximum atomic E-state index is 13.0. The third-order valence-corrected chi connectivity index (χ3v) is 5.84. The van der Waals surface area contributed by atoms with Crippen LogP contribution in [0.15, 0.2) is 68.8 Å². The van der Waals surface area contributed by atoms with Crippen molar-refractivity contribution in [2.75, 3.05) is 18.9 Å². The second-order valence-corrected chi connectivity index (χ2v) is 7.54. The molecule has 0 fully saturated rings. The molecular weight excluding hydrogens is 406 g/mol. The van der Waals surface area contributed by atoms with Gasteiger partial charge in [0.2, 0.25) is 0 Å². The maximum Gasteiger partial charge on any atom is 0.265 e. The summed E-state index contributed by atoms with van der Waals surface area (Å²) < 4.78 is 33.3. The summed E-state index contributed by atoms with van der Waals surface area (Å²) in [6, 6.07) is 16.3. The molecule has 0 aliphatic heterocycles. The van der Waals surface area contributed by atoms with E-state index in [1.165, 1.54) is 18.8 Å². The van der Waals surface area contributed by atoms with E-state index < -0.39 is 11.0 Å². The van der Waals surface area contributed by atoms with Crippen molar-refractivity contribution in [1.82, 2.24) is 9.72 Å². The second-order valence-electron chi connectivity index (χ2n) is 6.39. The molecule has 2 aromatic carbocycles. The van der Waals surface area contributed by atoms with Crippen LogP contribution in [-0.2, 0) is 18.0 Å². The molecule has 4 aromatic rings. The minimum atomic E-state index is -1.82. The van der Waals surface area contributed by atoms with Gasteiger partial charge in [0.15, 0.2) is 22.4 Å². The Labute approximate surface area is 174 Å². The quantitative estimate of drug-likeness (QED) is 0.509. The average molecular weight is 425 g/mol. The number of benzene rings is 2. The van der Waals surface area contributed by atoms with Crippen LogP contribution in [0.3, 0.4) is 0 Å². The molecule has 0 saturated carbocycles. The highest BCUT2D eigenvalue weighted by atomic mass is 32.2. The monoisotopic (exact) mass is 425 g/mol. The van der Waals surface area contributed by atoms with Gasteiger partial charge in [-0.2, -0.15) is 0 Å². The number of anilines is 1. The number of methoxy groups -OCH3 is 2. The fourth-order valence-electron chi connectivity index (χ4n) is 3.20. The van der Waals surface area contributed by atoms with E-state index in [1.54, 1.807) is 31.3 Å². The van der Waals surface area contributed by atoms with Crippen molar-refractivity contribution in [1.29, 1.82) is 0 Å². The van der Waals surface area contributed by atoms with Crippen molar-refractivity contribution in [3.05, 3.63) is 65.0 Å². The zero-order valence-electron chi connectivity index (χ0n) is 16.5. The van der Waals surface area contributed by atoms with E-state index in [0.29, 0.717) is 27.7 Å². The Kier molecular flexibility index (Phi) is 5.28. The van der Waals surface area contributed by atoms with Crippen molar-refractivity contribution < 1.29 is 18.2 Å². The molecule has 0 radical (unpaired) electrons. The first-order valence-corrected chi connectivity index (χ1v) is 10.1. The number of rotatable bonds is 6. The number of aromatic nitrogens is 2. The summed E-state index contributed by atoms with van der Waals surface area (Å²) in [4.78, 5) is 13.3. The summed E-state index contributed by atoms with van der Waals surface area (Å²) in [5, 5.41) is 4.14. The Balaban J connectivity index is 1.78. The van der Waals surface area contributed by atoms with Gasteiger partial charge in [0.05, 0.1) is 19.9 Å². The topological polar surface area (TPSA) is 95.6 Å². The lowest BCUT2D eigenvalue weighted by Crippen LogP contribution is -2.19. The Bertz CT molecular complexity index is 1280. The summed E-state index contributed by atoms with van der Waals surface area (Å²) >= 11 is 0. The highest BCUT2D eigenvalue weighted by Gasteiger charge is 2.22. The number of nitrogens with one attached hydrogen (secondary N) is 1. The van der Waals surface area contributed by atoms with Crippen LogP contribution in [0.1, 0.15) is 0 Å². The number of ether oxygens (including phenoxy) is 2. The van der Waals surface area contributed by atoms with Gasteiger partial charge in [-0.1, -0.05) is 41.6 Å². The van der Waals surface area contributed by atoms with Gasteiger partial charge in [0.1, 0.15) is 21.8 Å². The fraction of sp³-hybridized carbons (Fsp3) is 0.143. The van der Waals surface area contributed by atoms with Gasteiger partial charge in [-0.05, 0) is 17.7 Å². The van der Waals surface area contributed by atoms with Crippen molar-refractivity contribution in [2.24, 2.45) is 7.05 Å². The molecule has 9 heteroatoms. The van der Waals surface area contributed by atoms with Gasteiger partial charge >= 0.3 is 0 Å². The highest BCUT2D eigenvalue weighted by Crippen LogP contribution is 2.33. The first kappa shape index (κ1) is 19.7. The molecule has 1 atom stereocenters. The summed E-state index contributed by atoms with van der Waals surface area (Å²) in [5.74, 6) is 0.844. The lowest BCUT2D eigenvalue weighted by Gasteiger charge is -2.12. The van der Waals surface area contributed by atoms with E-state index >= 15 is 0 Å². The predicted octanol–water partition coefficient (Wildman–Crippen LogP) is 3.35. The van der Waals surface area contributed by atoms with Crippen molar-refractivity contribution in [3.63, 3.8) is 0 Å². The van der Waals surface area contributed by atoms with Crippen LogP contribution in [0.4, 0.5) is 5.82 Å². The third-order valence-electron chi connectivity index (χ3n) is 4.69. The zero-order chi connectivity index (χ0) is 21.3. The molecule has 1 unspecified atom stereocenters. The van der Waals surface area contributed by atoms with Crippen LogP contribution >= 0.6 is 0 Å². The van der Waals surface area contributed by atoms with Crippen LogP contribution in [0.2, 0.25) is 0 Å². The summed E-state index contributed by atoms with van der Waals surface area (Å²) in [6.07, 6.45) is 0. The van der Waals surface area contributed by atoms with Gasteiger partial charge in [0, 0.05) is 13.1 Å². The second kappa shape index (κ2) is 8.03. The zero-order valence-corrected chi connectivity index (χ0v) is 17.4. The Morgan fingerprint density at radius 3 is 2.33 bits per heavy atom. The van der Waals surface area contributed by atoms with Gasteiger partial charge in [-0.3, -0.25) is 9.52 Å². The number of nitrogens with zero attached hydrogens (tertiary/aromatic N) is 2. The molecule has 0 aliphatic carbocycles. The molecule has 154 valence electrons. The molecule has 2 heterocycles. The number of pyridine rings is 1. The van der Waals surface area contributed by atoms with Crippen LogP contribution in [0.5, 0.6) is 11.5 Å². The SMILES string of the molecule is COc1cccc(OC)c1S(=O)Nc1noc2cc(-c3ccccc3)n(C)c(=O)c12. The molecule has 8 nitrogen and oxygen atoms in total. The fourth-order valence-corrected chi connectivity index (χ4v) is 4.29. The van der Waals surface area contributed by atoms with Crippen molar-refractivity contribution in [2.45, 2.75) is 4.90 Å². The average Bonchev–Trinajstić information content (AvgIpc) is 3.18.